The second kappa shape index (κ2) is 4.73. The van der Waals surface area contributed by atoms with Crippen molar-refractivity contribution in [1.82, 2.24) is 4.72 Å². The van der Waals surface area contributed by atoms with Crippen molar-refractivity contribution in [3.63, 3.8) is 0 Å². The first-order valence-electron chi connectivity index (χ1n) is 5.15. The molecule has 16 heavy (non-hydrogen) atoms. The predicted molar refractivity (Wildman–Crippen MR) is 68.0 cm³/mol. The van der Waals surface area contributed by atoms with Crippen molar-refractivity contribution in [2.45, 2.75) is 43.4 Å². The highest BCUT2D eigenvalue weighted by Crippen LogP contribution is 2.23. The zero-order valence-electron chi connectivity index (χ0n) is 9.78. The van der Waals surface area contributed by atoms with E-state index in [1.807, 2.05) is 20.8 Å². The molecule has 1 aromatic heterocycles. The van der Waals surface area contributed by atoms with Gasteiger partial charge in [-0.25, -0.2) is 13.1 Å². The van der Waals surface area contributed by atoms with Gasteiger partial charge in [0, 0.05) is 16.6 Å². The lowest BCUT2D eigenvalue weighted by Crippen LogP contribution is -2.42. The van der Waals surface area contributed by atoms with E-state index in [4.69, 9.17) is 5.73 Å². The first-order valence-corrected chi connectivity index (χ1v) is 7.51. The Balaban J connectivity index is 2.88. The summed E-state index contributed by atoms with van der Waals surface area (Å²) >= 11 is 1.14. The summed E-state index contributed by atoms with van der Waals surface area (Å²) in [6.45, 7) is 5.79. The standard InChI is InChI=1S/C10H18N2O2S2/c1-4-5-10(2,3)12-16(13,14)9-6-8(11)7-15-9/h6-7,12H,4-5,11H2,1-3H3. The number of nitrogens with two attached hydrogens (primary N) is 1. The van der Waals surface area contributed by atoms with Gasteiger partial charge in [-0.15, -0.1) is 11.3 Å². The van der Waals surface area contributed by atoms with Crippen molar-refractivity contribution in [3.8, 4) is 0 Å². The first kappa shape index (κ1) is 13.5. The van der Waals surface area contributed by atoms with Gasteiger partial charge in [-0.3, -0.25) is 0 Å². The summed E-state index contributed by atoms with van der Waals surface area (Å²) in [6, 6.07) is 1.48. The second-order valence-corrected chi connectivity index (χ2v) is 7.26. The van der Waals surface area contributed by atoms with Gasteiger partial charge in [0.2, 0.25) is 0 Å². The zero-order chi connectivity index (χ0) is 12.4. The molecule has 3 N–H and O–H groups in total. The zero-order valence-corrected chi connectivity index (χ0v) is 11.4. The van der Waals surface area contributed by atoms with E-state index in [0.717, 1.165) is 24.2 Å². The number of nitrogen functional groups attached to an aromatic ring is 1. The number of hydrogen-bond donors (Lipinski definition) is 2. The van der Waals surface area contributed by atoms with Gasteiger partial charge in [0.05, 0.1) is 0 Å². The minimum absolute atomic E-state index is 0.272. The third-order valence-electron chi connectivity index (χ3n) is 2.15. The van der Waals surface area contributed by atoms with E-state index >= 15 is 0 Å². The summed E-state index contributed by atoms with van der Waals surface area (Å²) in [5.41, 5.74) is 5.58. The summed E-state index contributed by atoms with van der Waals surface area (Å²) in [7, 11) is -3.43. The molecule has 6 heteroatoms. The van der Waals surface area contributed by atoms with Crippen LogP contribution in [0.4, 0.5) is 5.69 Å². The molecule has 0 spiro atoms. The molecule has 4 nitrogen and oxygen atoms in total. The van der Waals surface area contributed by atoms with Crippen LogP contribution >= 0.6 is 11.3 Å². The summed E-state index contributed by atoms with van der Waals surface area (Å²) in [5, 5.41) is 1.63. The van der Waals surface area contributed by atoms with Crippen LogP contribution in [0.25, 0.3) is 0 Å². The highest BCUT2D eigenvalue weighted by atomic mass is 32.2. The van der Waals surface area contributed by atoms with Crippen LogP contribution in [0.3, 0.4) is 0 Å². The third-order valence-corrected chi connectivity index (χ3v) is 5.30. The van der Waals surface area contributed by atoms with Crippen molar-refractivity contribution in [3.05, 3.63) is 11.4 Å². The highest BCUT2D eigenvalue weighted by Gasteiger charge is 2.26. The summed E-state index contributed by atoms with van der Waals surface area (Å²) in [4.78, 5) is 0. The number of sulfonamides is 1. The first-order chi connectivity index (χ1) is 7.27. The molecule has 1 aromatic rings. The van der Waals surface area contributed by atoms with Crippen molar-refractivity contribution >= 4 is 27.0 Å². The van der Waals surface area contributed by atoms with Gasteiger partial charge in [-0.05, 0) is 26.3 Å². The molecule has 0 aliphatic heterocycles. The van der Waals surface area contributed by atoms with E-state index in [1.54, 1.807) is 5.38 Å². The van der Waals surface area contributed by atoms with Gasteiger partial charge in [0.15, 0.2) is 0 Å². The van der Waals surface area contributed by atoms with Gasteiger partial charge in [-0.1, -0.05) is 13.3 Å². The van der Waals surface area contributed by atoms with Crippen LogP contribution in [0.2, 0.25) is 0 Å². The van der Waals surface area contributed by atoms with Crippen molar-refractivity contribution < 1.29 is 8.42 Å². The normalized spacial score (nSPS) is 12.9. The Bertz CT molecular complexity index is 449. The summed E-state index contributed by atoms with van der Waals surface area (Å²) < 4.78 is 26.9. The molecular formula is C10H18N2O2S2. The molecule has 1 rings (SSSR count). The van der Waals surface area contributed by atoms with Gasteiger partial charge in [0.25, 0.3) is 10.0 Å². The molecule has 0 fully saturated rings. The number of thiophene rings is 1. The Hall–Kier alpha value is -0.590. The molecule has 0 aliphatic carbocycles. The lowest BCUT2D eigenvalue weighted by Gasteiger charge is -2.24. The smallest absolute Gasteiger partial charge is 0.250 e. The van der Waals surface area contributed by atoms with Crippen LogP contribution in [0.5, 0.6) is 0 Å². The fraction of sp³-hybridized carbons (Fsp3) is 0.600. The number of hydrogen-bond acceptors (Lipinski definition) is 4. The Morgan fingerprint density at radius 2 is 2.12 bits per heavy atom. The summed E-state index contributed by atoms with van der Waals surface area (Å²) in [5.74, 6) is 0. The Kier molecular flexibility index (Phi) is 3.98. The Labute approximate surface area is 101 Å². The van der Waals surface area contributed by atoms with E-state index in [1.165, 1.54) is 6.07 Å². The van der Waals surface area contributed by atoms with Crippen molar-refractivity contribution in [2.75, 3.05) is 5.73 Å². The van der Waals surface area contributed by atoms with Gasteiger partial charge in [-0.2, -0.15) is 0 Å². The molecule has 0 radical (unpaired) electrons. The molecule has 0 atom stereocenters. The molecule has 0 amide bonds. The minimum atomic E-state index is -3.43. The fourth-order valence-corrected chi connectivity index (χ4v) is 4.08. The van der Waals surface area contributed by atoms with Crippen molar-refractivity contribution in [2.24, 2.45) is 0 Å². The monoisotopic (exact) mass is 262 g/mol. The molecule has 1 heterocycles. The Morgan fingerprint density at radius 1 is 1.50 bits per heavy atom. The van der Waals surface area contributed by atoms with Crippen LogP contribution in [0.15, 0.2) is 15.7 Å². The number of anilines is 1. The van der Waals surface area contributed by atoms with E-state index < -0.39 is 15.6 Å². The van der Waals surface area contributed by atoms with Gasteiger partial charge >= 0.3 is 0 Å². The lowest BCUT2D eigenvalue weighted by atomic mass is 10.0. The lowest BCUT2D eigenvalue weighted by molar-refractivity contribution is 0.418. The van der Waals surface area contributed by atoms with Crippen LogP contribution < -0.4 is 10.5 Å². The quantitative estimate of drug-likeness (QED) is 0.854. The Morgan fingerprint density at radius 3 is 2.56 bits per heavy atom. The van der Waals surface area contributed by atoms with Crippen LogP contribution in [-0.4, -0.2) is 14.0 Å². The maximum Gasteiger partial charge on any atom is 0.250 e. The van der Waals surface area contributed by atoms with Crippen LogP contribution in [-0.2, 0) is 10.0 Å². The largest absolute Gasteiger partial charge is 0.398 e. The molecule has 0 saturated heterocycles. The topological polar surface area (TPSA) is 72.2 Å². The van der Waals surface area contributed by atoms with Crippen molar-refractivity contribution in [1.29, 1.82) is 0 Å². The molecule has 0 aromatic carbocycles. The second-order valence-electron chi connectivity index (χ2n) is 4.44. The molecule has 92 valence electrons. The maximum absolute atomic E-state index is 12.0. The number of nitrogens with one attached hydrogen (secondary N) is 1. The van der Waals surface area contributed by atoms with Crippen LogP contribution in [0, 0.1) is 0 Å². The van der Waals surface area contributed by atoms with E-state index in [-0.39, 0.29) is 4.21 Å². The van der Waals surface area contributed by atoms with E-state index in [9.17, 15) is 8.42 Å². The van der Waals surface area contributed by atoms with Crippen LogP contribution in [0.1, 0.15) is 33.6 Å². The average Bonchev–Trinajstić information content (AvgIpc) is 2.49. The third kappa shape index (κ3) is 3.47. The average molecular weight is 262 g/mol. The molecule has 0 unspecified atom stereocenters. The predicted octanol–water partition coefficient (Wildman–Crippen LogP) is 2.19. The SMILES string of the molecule is CCCC(C)(C)NS(=O)(=O)c1cc(N)cs1. The molecule has 0 saturated carbocycles. The maximum atomic E-state index is 12.0. The van der Waals surface area contributed by atoms with Gasteiger partial charge in [0.1, 0.15) is 4.21 Å². The van der Waals surface area contributed by atoms with E-state index in [0.29, 0.717) is 5.69 Å². The fourth-order valence-electron chi connectivity index (χ4n) is 1.56. The molecular weight excluding hydrogens is 244 g/mol. The molecule has 0 aliphatic rings. The van der Waals surface area contributed by atoms with E-state index in [2.05, 4.69) is 4.72 Å². The minimum Gasteiger partial charge on any atom is -0.398 e. The highest BCUT2D eigenvalue weighted by molar-refractivity contribution is 7.91. The summed E-state index contributed by atoms with van der Waals surface area (Å²) in [6.07, 6.45) is 1.73. The van der Waals surface area contributed by atoms with Gasteiger partial charge < -0.3 is 5.73 Å². The molecule has 0 bridgehead atoms. The number of rotatable bonds is 5.